The zero-order valence-electron chi connectivity index (χ0n) is 41.4. The number of ether oxygens (including phenoxy) is 2. The molecule has 69 heavy (non-hydrogen) atoms. The molecule has 406 valence electrons. The number of rotatable bonds is 44. The molecule has 19 nitrogen and oxygen atoms in total. The standard InChI is InChI=1S/C47H89O19P3/c1-3-5-7-9-11-13-15-17-19-20-22-23-25-27-29-31-33-35-40(48)61-37-39(63-41(49)36-34-32-30-28-26-24-21-18-16-14-12-10-8-6-4-2)38-62-69(59,60)66-45-42(50)43(51)46(64-67(53,54)55)47(44(45)52)65-68(56,57)58/h17-19,21,39,42-47,50-52H,3-16,20,22-38H2,1-2H3,(H,59,60)(H2,53,54,55)(H2,56,57,58). The zero-order chi connectivity index (χ0) is 51.4. The zero-order valence-corrected chi connectivity index (χ0v) is 44.1. The maximum Gasteiger partial charge on any atom is 0.472 e. The third kappa shape index (κ3) is 35.4. The molecular formula is C47H89O19P3. The van der Waals surface area contributed by atoms with Crippen LogP contribution >= 0.6 is 23.5 Å². The fourth-order valence-electron chi connectivity index (χ4n) is 7.87. The molecule has 0 radical (unpaired) electrons. The summed E-state index contributed by atoms with van der Waals surface area (Å²) in [6.45, 7) is 2.95. The minimum atomic E-state index is -5.60. The molecule has 0 spiro atoms. The Morgan fingerprint density at radius 2 is 0.797 bits per heavy atom. The molecule has 0 heterocycles. The Morgan fingerprint density at radius 1 is 0.449 bits per heavy atom. The van der Waals surface area contributed by atoms with Gasteiger partial charge in [-0.3, -0.25) is 27.7 Å². The van der Waals surface area contributed by atoms with Crippen LogP contribution in [0.2, 0.25) is 0 Å². The van der Waals surface area contributed by atoms with Crippen molar-refractivity contribution in [3.8, 4) is 0 Å². The van der Waals surface area contributed by atoms with Gasteiger partial charge in [0.2, 0.25) is 0 Å². The minimum absolute atomic E-state index is 0.0109. The van der Waals surface area contributed by atoms with Gasteiger partial charge in [0.25, 0.3) is 0 Å². The Labute approximate surface area is 411 Å². The van der Waals surface area contributed by atoms with Gasteiger partial charge in [-0.15, -0.1) is 0 Å². The number of hydrogen-bond acceptors (Lipinski definition) is 14. The quantitative estimate of drug-likeness (QED) is 0.0122. The van der Waals surface area contributed by atoms with Crippen molar-refractivity contribution in [3.63, 3.8) is 0 Å². The first kappa shape index (κ1) is 65.6. The minimum Gasteiger partial charge on any atom is -0.462 e. The second-order valence-electron chi connectivity index (χ2n) is 18.1. The molecule has 22 heteroatoms. The summed E-state index contributed by atoms with van der Waals surface area (Å²) >= 11 is 0. The smallest absolute Gasteiger partial charge is 0.462 e. The number of aliphatic hydroxyl groups is 3. The lowest BCUT2D eigenvalue weighted by Crippen LogP contribution is -2.65. The Hall–Kier alpha value is -1.37. The van der Waals surface area contributed by atoms with Gasteiger partial charge >= 0.3 is 35.4 Å². The van der Waals surface area contributed by atoms with E-state index in [1.165, 1.54) is 77.0 Å². The number of esters is 2. The number of carbonyl (C=O) groups is 2. The number of aliphatic hydroxyl groups excluding tert-OH is 3. The highest BCUT2D eigenvalue weighted by atomic mass is 31.2. The van der Waals surface area contributed by atoms with E-state index >= 15 is 0 Å². The SMILES string of the molecule is CCCCCCCCC=CCCCCCCCCCC(=O)OCC(COP(=O)(O)OC1C(O)C(O)C(OP(=O)(O)O)C(OP(=O)(O)O)C1O)OC(=O)CCCCCCCC=CCCCCCCCC. The summed E-state index contributed by atoms with van der Waals surface area (Å²) in [6.07, 6.45) is 23.2. The summed E-state index contributed by atoms with van der Waals surface area (Å²) in [6, 6.07) is 0. The van der Waals surface area contributed by atoms with Crippen molar-refractivity contribution in [2.45, 2.75) is 249 Å². The number of hydrogen-bond donors (Lipinski definition) is 8. The van der Waals surface area contributed by atoms with Crippen LogP contribution in [-0.2, 0) is 50.9 Å². The van der Waals surface area contributed by atoms with Crippen molar-refractivity contribution in [1.29, 1.82) is 0 Å². The van der Waals surface area contributed by atoms with Gasteiger partial charge in [-0.2, -0.15) is 0 Å². The van der Waals surface area contributed by atoms with Crippen LogP contribution in [0.25, 0.3) is 0 Å². The second kappa shape index (κ2) is 39.1. The number of unbranched alkanes of at least 4 members (excludes halogenated alkanes) is 24. The molecule has 0 aromatic carbocycles. The molecule has 0 amide bonds. The molecule has 8 atom stereocenters. The van der Waals surface area contributed by atoms with Crippen molar-refractivity contribution in [3.05, 3.63) is 24.3 Å². The summed E-state index contributed by atoms with van der Waals surface area (Å²) in [5.74, 6) is -1.31. The molecule has 0 aromatic heterocycles. The van der Waals surface area contributed by atoms with E-state index in [1.807, 2.05) is 0 Å². The van der Waals surface area contributed by atoms with Crippen molar-refractivity contribution >= 4 is 35.4 Å². The third-order valence-electron chi connectivity index (χ3n) is 11.7. The summed E-state index contributed by atoms with van der Waals surface area (Å²) in [7, 11) is -16.6. The highest BCUT2D eigenvalue weighted by molar-refractivity contribution is 7.47. The Morgan fingerprint density at radius 3 is 1.20 bits per heavy atom. The van der Waals surface area contributed by atoms with Crippen LogP contribution in [0.15, 0.2) is 24.3 Å². The van der Waals surface area contributed by atoms with E-state index in [0.29, 0.717) is 12.8 Å². The summed E-state index contributed by atoms with van der Waals surface area (Å²) in [5, 5.41) is 31.9. The number of phosphoric ester groups is 3. The maximum absolute atomic E-state index is 13.1. The van der Waals surface area contributed by atoms with Crippen LogP contribution in [0, 0.1) is 0 Å². The summed E-state index contributed by atoms with van der Waals surface area (Å²) in [4.78, 5) is 73.3. The molecule has 1 aliphatic carbocycles. The molecule has 0 aromatic rings. The molecule has 8 unspecified atom stereocenters. The lowest BCUT2D eigenvalue weighted by atomic mass is 9.85. The summed E-state index contributed by atoms with van der Waals surface area (Å²) < 4.78 is 65.6. The van der Waals surface area contributed by atoms with Gasteiger partial charge in [0.05, 0.1) is 6.61 Å². The molecule has 1 rings (SSSR count). The largest absolute Gasteiger partial charge is 0.472 e. The highest BCUT2D eigenvalue weighted by Crippen LogP contribution is 2.51. The van der Waals surface area contributed by atoms with Crippen LogP contribution in [0.4, 0.5) is 0 Å². The average Bonchev–Trinajstić information content (AvgIpc) is 3.28. The number of phosphoric acid groups is 3. The van der Waals surface area contributed by atoms with E-state index in [2.05, 4.69) is 47.2 Å². The van der Waals surface area contributed by atoms with Gasteiger partial charge in [-0.05, 0) is 64.2 Å². The van der Waals surface area contributed by atoms with Crippen LogP contribution in [0.1, 0.15) is 206 Å². The molecule has 0 bridgehead atoms. The van der Waals surface area contributed by atoms with Gasteiger partial charge in [0, 0.05) is 12.8 Å². The molecule has 8 N–H and O–H groups in total. The second-order valence-corrected chi connectivity index (χ2v) is 21.9. The van der Waals surface area contributed by atoms with Gasteiger partial charge in [-0.25, -0.2) is 13.7 Å². The summed E-state index contributed by atoms with van der Waals surface area (Å²) in [5.41, 5.74) is 0. The van der Waals surface area contributed by atoms with E-state index in [-0.39, 0.29) is 12.8 Å². The van der Waals surface area contributed by atoms with Crippen LogP contribution in [0.3, 0.4) is 0 Å². The van der Waals surface area contributed by atoms with E-state index in [1.54, 1.807) is 0 Å². The Kier molecular flexibility index (Phi) is 37.2. The predicted molar refractivity (Wildman–Crippen MR) is 261 cm³/mol. The monoisotopic (exact) mass is 1050 g/mol. The fourth-order valence-corrected chi connectivity index (χ4v) is 9.96. The van der Waals surface area contributed by atoms with Gasteiger partial charge in [-0.1, -0.05) is 154 Å². The maximum atomic E-state index is 13.1. The third-order valence-corrected chi connectivity index (χ3v) is 13.8. The van der Waals surface area contributed by atoms with Crippen molar-refractivity contribution in [2.24, 2.45) is 0 Å². The van der Waals surface area contributed by atoms with Crippen LogP contribution < -0.4 is 0 Å². The van der Waals surface area contributed by atoms with Gasteiger partial charge in [0.15, 0.2) is 6.10 Å². The first-order chi connectivity index (χ1) is 32.8. The lowest BCUT2D eigenvalue weighted by Gasteiger charge is -2.44. The lowest BCUT2D eigenvalue weighted by molar-refractivity contribution is -0.213. The normalized spacial score (nSPS) is 21.5. The predicted octanol–water partition coefficient (Wildman–Crippen LogP) is 9.85. The molecule has 0 aliphatic heterocycles. The molecule has 1 saturated carbocycles. The first-order valence-corrected chi connectivity index (χ1v) is 30.2. The molecular weight excluding hydrogens is 961 g/mol. The Bertz CT molecular complexity index is 1540. The van der Waals surface area contributed by atoms with E-state index < -0.39 is 91.3 Å². The number of carbonyl (C=O) groups excluding carboxylic acids is 2. The fraction of sp³-hybridized carbons (Fsp3) is 0.872. The Balaban J connectivity index is 2.69. The van der Waals surface area contributed by atoms with E-state index in [0.717, 1.165) is 89.9 Å². The topological polar surface area (TPSA) is 303 Å². The van der Waals surface area contributed by atoms with Crippen LogP contribution in [-0.4, -0.2) is 108 Å². The molecule has 1 fully saturated rings. The van der Waals surface area contributed by atoms with Crippen LogP contribution in [0.5, 0.6) is 0 Å². The first-order valence-electron chi connectivity index (χ1n) is 25.6. The van der Waals surface area contributed by atoms with Gasteiger partial charge in [0.1, 0.15) is 43.2 Å². The van der Waals surface area contributed by atoms with E-state index in [4.69, 9.17) is 18.5 Å². The molecule has 0 saturated heterocycles. The van der Waals surface area contributed by atoms with E-state index in [9.17, 15) is 63.1 Å². The molecule has 1 aliphatic rings. The van der Waals surface area contributed by atoms with Crippen molar-refractivity contribution < 1.29 is 90.6 Å². The van der Waals surface area contributed by atoms with Crippen molar-refractivity contribution in [2.75, 3.05) is 13.2 Å². The van der Waals surface area contributed by atoms with Gasteiger partial charge < -0.3 is 49.3 Å². The average molecular weight is 1050 g/mol. The number of allylic oxidation sites excluding steroid dienone is 4. The highest BCUT2D eigenvalue weighted by Gasteiger charge is 2.56. The van der Waals surface area contributed by atoms with Crippen molar-refractivity contribution in [1.82, 2.24) is 0 Å².